The molecule has 1 N–H and O–H groups in total. The number of halogens is 1. The van der Waals surface area contributed by atoms with Crippen molar-refractivity contribution in [3.8, 4) is 5.69 Å². The van der Waals surface area contributed by atoms with E-state index in [1.54, 1.807) is 20.0 Å². The lowest BCUT2D eigenvalue weighted by Gasteiger charge is -2.11. The molecule has 0 aliphatic rings. The average Bonchev–Trinajstić information content (AvgIpc) is 2.36. The summed E-state index contributed by atoms with van der Waals surface area (Å²) in [5.74, 6) is -0.227. The van der Waals surface area contributed by atoms with Crippen LogP contribution in [-0.4, -0.2) is 16.2 Å². The van der Waals surface area contributed by atoms with Gasteiger partial charge in [-0.2, -0.15) is 0 Å². The predicted octanol–water partition coefficient (Wildman–Crippen LogP) is 1.03. The van der Waals surface area contributed by atoms with Gasteiger partial charge in [-0.25, -0.2) is 13.8 Å². The molecule has 1 heterocycles. The quantitative estimate of drug-likeness (QED) is 0.880. The molecule has 6 heteroatoms. The Morgan fingerprint density at radius 3 is 2.47 bits per heavy atom. The first-order chi connectivity index (χ1) is 8.95. The molecule has 0 atom stereocenters. The lowest BCUT2D eigenvalue weighted by Crippen LogP contribution is -2.38. The van der Waals surface area contributed by atoms with Gasteiger partial charge in [0.1, 0.15) is 11.6 Å². The molecular weight excluding hydrogens is 249 g/mol. The second kappa shape index (κ2) is 4.72. The van der Waals surface area contributed by atoms with Crippen LogP contribution in [0.4, 0.5) is 10.2 Å². The lowest BCUT2D eigenvalue weighted by atomic mass is 10.2. The maximum Gasteiger partial charge on any atom is 0.337 e. The molecular formula is C13H14FN3O2. The molecule has 0 spiro atoms. The topological polar surface area (TPSA) is 56.0 Å². The molecule has 0 unspecified atom stereocenters. The highest BCUT2D eigenvalue weighted by atomic mass is 19.1. The number of anilines is 1. The number of nitrogens with one attached hydrogen (secondary N) is 1. The van der Waals surface area contributed by atoms with Gasteiger partial charge in [0.05, 0.1) is 5.69 Å². The van der Waals surface area contributed by atoms with Crippen LogP contribution in [0.3, 0.4) is 0 Å². The highest BCUT2D eigenvalue weighted by Crippen LogP contribution is 2.12. The largest absolute Gasteiger partial charge is 0.374 e. The van der Waals surface area contributed by atoms with E-state index in [1.807, 2.05) is 0 Å². The molecule has 0 radical (unpaired) electrons. The summed E-state index contributed by atoms with van der Waals surface area (Å²) >= 11 is 0. The summed E-state index contributed by atoms with van der Waals surface area (Å²) < 4.78 is 16.0. The zero-order chi connectivity index (χ0) is 14.2. The van der Waals surface area contributed by atoms with Gasteiger partial charge < -0.3 is 5.32 Å². The number of aromatic nitrogens is 2. The molecule has 0 aliphatic heterocycles. The van der Waals surface area contributed by atoms with Crippen LogP contribution in [0.5, 0.6) is 0 Å². The lowest BCUT2D eigenvalue weighted by molar-refractivity contribution is 0.606. The predicted molar refractivity (Wildman–Crippen MR) is 71.5 cm³/mol. The Balaban J connectivity index is 2.80. The fourth-order valence-corrected chi connectivity index (χ4v) is 1.88. The number of hydrogen-bond donors (Lipinski definition) is 1. The Labute approximate surface area is 108 Å². The fourth-order valence-electron chi connectivity index (χ4n) is 1.88. The Morgan fingerprint density at radius 1 is 1.21 bits per heavy atom. The molecule has 1 aromatic heterocycles. The number of aryl methyl sites for hydroxylation is 1. The van der Waals surface area contributed by atoms with E-state index in [-0.39, 0.29) is 5.69 Å². The third-order valence-electron chi connectivity index (χ3n) is 2.92. The third-order valence-corrected chi connectivity index (χ3v) is 2.92. The van der Waals surface area contributed by atoms with Crippen LogP contribution in [0.25, 0.3) is 5.69 Å². The van der Waals surface area contributed by atoms with Crippen molar-refractivity contribution in [2.24, 2.45) is 7.05 Å². The molecule has 0 saturated heterocycles. The molecule has 0 amide bonds. The van der Waals surface area contributed by atoms with Crippen LogP contribution in [0.2, 0.25) is 0 Å². The van der Waals surface area contributed by atoms with Crippen LogP contribution in [0.15, 0.2) is 33.9 Å². The Kier molecular flexibility index (Phi) is 3.25. The summed E-state index contributed by atoms with van der Waals surface area (Å²) in [6, 6.07) is 5.61. The van der Waals surface area contributed by atoms with Gasteiger partial charge in [0.15, 0.2) is 0 Å². The summed E-state index contributed by atoms with van der Waals surface area (Å²) in [7, 11) is 3.11. The van der Waals surface area contributed by atoms with Crippen molar-refractivity contribution >= 4 is 5.82 Å². The van der Waals surface area contributed by atoms with Crippen molar-refractivity contribution in [2.75, 3.05) is 12.4 Å². The van der Waals surface area contributed by atoms with Crippen molar-refractivity contribution in [1.29, 1.82) is 0 Å². The molecule has 0 fully saturated rings. The minimum absolute atomic E-state index is 0.0427. The summed E-state index contributed by atoms with van der Waals surface area (Å²) in [6.07, 6.45) is 0. The first kappa shape index (κ1) is 13.1. The van der Waals surface area contributed by atoms with Crippen LogP contribution in [0, 0.1) is 12.7 Å². The normalized spacial score (nSPS) is 10.5. The first-order valence-corrected chi connectivity index (χ1v) is 5.73. The highest BCUT2D eigenvalue weighted by Gasteiger charge is 2.13. The monoisotopic (exact) mass is 263 g/mol. The third kappa shape index (κ3) is 2.16. The maximum absolute atomic E-state index is 13.9. The van der Waals surface area contributed by atoms with Crippen LogP contribution < -0.4 is 16.6 Å². The van der Waals surface area contributed by atoms with Gasteiger partial charge in [-0.05, 0) is 24.6 Å². The molecule has 0 bridgehead atoms. The van der Waals surface area contributed by atoms with E-state index in [4.69, 9.17) is 0 Å². The maximum atomic E-state index is 13.9. The second-order valence-electron chi connectivity index (χ2n) is 4.25. The summed E-state index contributed by atoms with van der Waals surface area (Å²) in [4.78, 5) is 24.1. The molecule has 2 rings (SSSR count). The number of rotatable bonds is 2. The van der Waals surface area contributed by atoms with E-state index in [2.05, 4.69) is 5.32 Å². The second-order valence-corrected chi connectivity index (χ2v) is 4.25. The van der Waals surface area contributed by atoms with E-state index < -0.39 is 17.1 Å². The molecule has 0 saturated carbocycles. The van der Waals surface area contributed by atoms with Crippen LogP contribution in [0.1, 0.15) is 5.56 Å². The van der Waals surface area contributed by atoms with Crippen LogP contribution in [-0.2, 0) is 7.05 Å². The minimum atomic E-state index is -0.601. The standard InChI is InChI=1S/C13H14FN3O2/c1-8-4-5-10(9(14)6-8)17-12(18)7-11(15-2)16(3)13(17)19/h4-7,15H,1-3H3. The molecule has 1 aromatic carbocycles. The minimum Gasteiger partial charge on any atom is -0.374 e. The van der Waals surface area contributed by atoms with Crippen molar-refractivity contribution < 1.29 is 4.39 Å². The van der Waals surface area contributed by atoms with E-state index in [0.717, 1.165) is 10.1 Å². The zero-order valence-corrected chi connectivity index (χ0v) is 10.9. The van der Waals surface area contributed by atoms with Gasteiger partial charge in [-0.3, -0.25) is 9.36 Å². The van der Waals surface area contributed by atoms with Crippen molar-refractivity contribution in [3.63, 3.8) is 0 Å². The van der Waals surface area contributed by atoms with E-state index in [1.165, 1.54) is 29.8 Å². The van der Waals surface area contributed by atoms with Gasteiger partial charge in [0.25, 0.3) is 5.56 Å². The first-order valence-electron chi connectivity index (χ1n) is 5.73. The van der Waals surface area contributed by atoms with Gasteiger partial charge in [0.2, 0.25) is 0 Å². The molecule has 100 valence electrons. The Bertz CT molecular complexity index is 747. The Hall–Kier alpha value is -2.37. The van der Waals surface area contributed by atoms with E-state index >= 15 is 0 Å². The molecule has 19 heavy (non-hydrogen) atoms. The Morgan fingerprint density at radius 2 is 1.89 bits per heavy atom. The molecule has 0 aliphatic carbocycles. The van der Waals surface area contributed by atoms with E-state index in [0.29, 0.717) is 5.82 Å². The summed E-state index contributed by atoms with van der Waals surface area (Å²) in [5, 5.41) is 2.74. The smallest absolute Gasteiger partial charge is 0.337 e. The summed E-state index contributed by atoms with van der Waals surface area (Å²) in [6.45, 7) is 1.73. The number of hydrogen-bond acceptors (Lipinski definition) is 3. The molecule has 2 aromatic rings. The van der Waals surface area contributed by atoms with E-state index in [9.17, 15) is 14.0 Å². The van der Waals surface area contributed by atoms with Crippen LogP contribution >= 0.6 is 0 Å². The van der Waals surface area contributed by atoms with Gasteiger partial charge in [-0.15, -0.1) is 0 Å². The summed E-state index contributed by atoms with van der Waals surface area (Å²) in [5.41, 5.74) is -0.494. The van der Waals surface area contributed by atoms with Gasteiger partial charge in [-0.1, -0.05) is 6.07 Å². The zero-order valence-electron chi connectivity index (χ0n) is 10.9. The van der Waals surface area contributed by atoms with Crippen molar-refractivity contribution in [3.05, 3.63) is 56.5 Å². The average molecular weight is 263 g/mol. The molecule has 5 nitrogen and oxygen atoms in total. The highest BCUT2D eigenvalue weighted by molar-refractivity contribution is 5.39. The van der Waals surface area contributed by atoms with Crippen molar-refractivity contribution in [2.45, 2.75) is 6.92 Å². The van der Waals surface area contributed by atoms with Crippen molar-refractivity contribution in [1.82, 2.24) is 9.13 Å². The SMILES string of the molecule is CNc1cc(=O)n(-c2ccc(C)cc2F)c(=O)n1C. The van der Waals surface area contributed by atoms with Gasteiger partial charge >= 0.3 is 5.69 Å². The van der Waals surface area contributed by atoms with Gasteiger partial charge in [0, 0.05) is 20.2 Å². The number of benzene rings is 1. The fraction of sp³-hybridized carbons (Fsp3) is 0.231. The number of nitrogens with zero attached hydrogens (tertiary/aromatic N) is 2.